The number of aryl methyl sites for hydroxylation is 1. The quantitative estimate of drug-likeness (QED) is 0.735. The van der Waals surface area contributed by atoms with E-state index in [1.54, 1.807) is 12.3 Å². The van der Waals surface area contributed by atoms with Crippen molar-refractivity contribution in [2.75, 3.05) is 6.54 Å². The molecule has 6 heteroatoms. The third-order valence-corrected chi connectivity index (χ3v) is 4.50. The van der Waals surface area contributed by atoms with E-state index in [1.807, 2.05) is 18.4 Å². The van der Waals surface area contributed by atoms with Gasteiger partial charge < -0.3 is 9.88 Å². The first-order chi connectivity index (χ1) is 9.76. The van der Waals surface area contributed by atoms with Crippen molar-refractivity contribution in [3.05, 3.63) is 18.0 Å². The van der Waals surface area contributed by atoms with Crippen molar-refractivity contribution >= 4 is 10.0 Å². The topological polar surface area (TPSA) is 63.1 Å². The lowest BCUT2D eigenvalue weighted by Crippen LogP contribution is -2.27. The maximum atomic E-state index is 12.3. The highest BCUT2D eigenvalue weighted by atomic mass is 32.2. The molecule has 0 saturated heterocycles. The minimum atomic E-state index is -3.41. The van der Waals surface area contributed by atoms with Crippen LogP contribution in [0, 0.1) is 5.92 Å². The Morgan fingerprint density at radius 2 is 1.90 bits per heavy atom. The van der Waals surface area contributed by atoms with Gasteiger partial charge in [0.1, 0.15) is 0 Å². The third kappa shape index (κ3) is 5.80. The van der Waals surface area contributed by atoms with E-state index in [-0.39, 0.29) is 0 Å². The number of hydrogen-bond donors (Lipinski definition) is 2. The van der Waals surface area contributed by atoms with Crippen LogP contribution in [0.2, 0.25) is 0 Å². The number of nitrogens with one attached hydrogen (secondary N) is 2. The van der Waals surface area contributed by atoms with Gasteiger partial charge >= 0.3 is 0 Å². The predicted octanol–water partition coefficient (Wildman–Crippen LogP) is 2.33. The summed E-state index contributed by atoms with van der Waals surface area (Å²) in [6.45, 7) is 12.2. The average molecular weight is 315 g/mol. The van der Waals surface area contributed by atoms with Crippen molar-refractivity contribution in [3.8, 4) is 0 Å². The molecule has 122 valence electrons. The lowest BCUT2D eigenvalue weighted by atomic mass is 10.2. The zero-order chi connectivity index (χ0) is 16.0. The summed E-state index contributed by atoms with van der Waals surface area (Å²) in [7, 11) is -3.41. The second-order valence-electron chi connectivity index (χ2n) is 6.14. The highest BCUT2D eigenvalue weighted by molar-refractivity contribution is 7.89. The summed E-state index contributed by atoms with van der Waals surface area (Å²) >= 11 is 0. The fourth-order valence-electron chi connectivity index (χ4n) is 1.94. The van der Waals surface area contributed by atoms with Crippen LogP contribution >= 0.6 is 0 Å². The van der Waals surface area contributed by atoms with Crippen molar-refractivity contribution in [2.45, 2.75) is 65.1 Å². The Labute approximate surface area is 129 Å². The van der Waals surface area contributed by atoms with E-state index in [2.05, 4.69) is 30.8 Å². The molecule has 2 N–H and O–H groups in total. The lowest BCUT2D eigenvalue weighted by molar-refractivity contribution is 0.551. The average Bonchev–Trinajstić information content (AvgIpc) is 2.79. The Kier molecular flexibility index (Phi) is 6.90. The van der Waals surface area contributed by atoms with Crippen molar-refractivity contribution < 1.29 is 8.42 Å². The zero-order valence-electron chi connectivity index (χ0n) is 13.8. The molecule has 0 aliphatic heterocycles. The first-order valence-corrected chi connectivity index (χ1v) is 9.16. The lowest BCUT2D eigenvalue weighted by Gasteiger charge is -2.10. The van der Waals surface area contributed by atoms with E-state index in [9.17, 15) is 8.42 Å². The van der Waals surface area contributed by atoms with Gasteiger partial charge in [0, 0.05) is 37.6 Å². The molecule has 0 bridgehead atoms. The molecule has 0 aliphatic carbocycles. The fraction of sp³-hybridized carbons (Fsp3) is 0.733. The molecule has 1 aromatic rings. The van der Waals surface area contributed by atoms with Gasteiger partial charge in [-0.25, -0.2) is 13.1 Å². The molecule has 0 atom stereocenters. The molecule has 0 fully saturated rings. The van der Waals surface area contributed by atoms with Gasteiger partial charge in [-0.2, -0.15) is 0 Å². The summed E-state index contributed by atoms with van der Waals surface area (Å²) in [6.07, 6.45) is 2.71. The molecule has 0 aromatic carbocycles. The van der Waals surface area contributed by atoms with Crippen molar-refractivity contribution in [1.82, 2.24) is 14.6 Å². The van der Waals surface area contributed by atoms with E-state index >= 15 is 0 Å². The first kappa shape index (κ1) is 18.2. The van der Waals surface area contributed by atoms with Gasteiger partial charge in [-0.05, 0) is 18.4 Å². The summed E-state index contributed by atoms with van der Waals surface area (Å²) in [5, 5.41) is 3.34. The Bertz CT molecular complexity index is 533. The Morgan fingerprint density at radius 3 is 2.43 bits per heavy atom. The Balaban J connectivity index is 2.94. The molecule has 1 heterocycles. The van der Waals surface area contributed by atoms with Crippen LogP contribution in [0.1, 0.15) is 46.7 Å². The molecule has 0 spiro atoms. The van der Waals surface area contributed by atoms with Gasteiger partial charge in [0.05, 0.1) is 4.90 Å². The molecule has 0 radical (unpaired) electrons. The van der Waals surface area contributed by atoms with Crippen LogP contribution in [0.5, 0.6) is 0 Å². The van der Waals surface area contributed by atoms with E-state index < -0.39 is 10.0 Å². The van der Waals surface area contributed by atoms with Crippen LogP contribution in [0.25, 0.3) is 0 Å². The summed E-state index contributed by atoms with van der Waals surface area (Å²) in [5.41, 5.74) is 1.01. The van der Waals surface area contributed by atoms with Crippen molar-refractivity contribution in [3.63, 3.8) is 0 Å². The largest absolute Gasteiger partial charge is 0.349 e. The van der Waals surface area contributed by atoms with E-state index in [0.29, 0.717) is 29.9 Å². The Hall–Kier alpha value is -0.850. The maximum Gasteiger partial charge on any atom is 0.242 e. The third-order valence-electron chi connectivity index (χ3n) is 3.11. The van der Waals surface area contributed by atoms with Crippen LogP contribution in [-0.4, -0.2) is 25.6 Å². The molecular formula is C15H29N3O2S. The summed E-state index contributed by atoms with van der Waals surface area (Å²) in [5.74, 6) is 0.291. The minimum Gasteiger partial charge on any atom is -0.349 e. The normalized spacial score (nSPS) is 12.5. The zero-order valence-corrected chi connectivity index (χ0v) is 14.6. The molecule has 0 amide bonds. The maximum absolute atomic E-state index is 12.3. The van der Waals surface area contributed by atoms with E-state index in [0.717, 1.165) is 18.7 Å². The molecule has 0 saturated carbocycles. The minimum absolute atomic E-state index is 0.291. The number of hydrogen-bond acceptors (Lipinski definition) is 3. The number of nitrogens with zero attached hydrogens (tertiary/aromatic N) is 1. The van der Waals surface area contributed by atoms with Crippen LogP contribution < -0.4 is 10.0 Å². The molecule has 21 heavy (non-hydrogen) atoms. The van der Waals surface area contributed by atoms with E-state index in [4.69, 9.17) is 0 Å². The van der Waals surface area contributed by atoms with Crippen LogP contribution in [-0.2, 0) is 23.1 Å². The number of sulfonamides is 1. The SMILES string of the molecule is CCCn1cc(S(=O)(=O)NCC(C)C)cc1CNC(C)C. The van der Waals surface area contributed by atoms with Gasteiger partial charge in [0.15, 0.2) is 0 Å². The summed E-state index contributed by atoms with van der Waals surface area (Å²) in [6, 6.07) is 2.14. The second-order valence-corrected chi connectivity index (χ2v) is 7.91. The van der Waals surface area contributed by atoms with Crippen LogP contribution in [0.4, 0.5) is 0 Å². The number of aromatic nitrogens is 1. The van der Waals surface area contributed by atoms with Gasteiger partial charge in [-0.3, -0.25) is 0 Å². The van der Waals surface area contributed by atoms with Crippen molar-refractivity contribution in [2.24, 2.45) is 5.92 Å². The highest BCUT2D eigenvalue weighted by Gasteiger charge is 2.18. The second kappa shape index (κ2) is 7.96. The first-order valence-electron chi connectivity index (χ1n) is 7.68. The predicted molar refractivity (Wildman–Crippen MR) is 86.7 cm³/mol. The monoisotopic (exact) mass is 315 g/mol. The molecular weight excluding hydrogens is 286 g/mol. The molecule has 0 aliphatic rings. The van der Waals surface area contributed by atoms with Gasteiger partial charge in [-0.1, -0.05) is 34.6 Å². The fourth-order valence-corrected chi connectivity index (χ4v) is 3.21. The standard InChI is InChI=1S/C15H29N3O2S/c1-6-7-18-11-15(8-14(18)10-16-13(4)5)21(19,20)17-9-12(2)3/h8,11-13,16-17H,6-7,9-10H2,1-5H3. The van der Waals surface area contributed by atoms with Gasteiger partial charge in [0.2, 0.25) is 10.0 Å². The van der Waals surface area contributed by atoms with Crippen LogP contribution in [0.3, 0.4) is 0 Å². The van der Waals surface area contributed by atoms with E-state index in [1.165, 1.54) is 0 Å². The van der Waals surface area contributed by atoms with Crippen LogP contribution in [0.15, 0.2) is 17.2 Å². The number of rotatable bonds is 9. The summed E-state index contributed by atoms with van der Waals surface area (Å²) in [4.78, 5) is 0.358. The molecule has 1 rings (SSSR count). The smallest absolute Gasteiger partial charge is 0.242 e. The molecule has 1 aromatic heterocycles. The van der Waals surface area contributed by atoms with Gasteiger partial charge in [-0.15, -0.1) is 0 Å². The summed E-state index contributed by atoms with van der Waals surface area (Å²) < 4.78 is 29.3. The molecule has 5 nitrogen and oxygen atoms in total. The molecule has 0 unspecified atom stereocenters. The highest BCUT2D eigenvalue weighted by Crippen LogP contribution is 2.15. The Morgan fingerprint density at radius 1 is 1.24 bits per heavy atom. The van der Waals surface area contributed by atoms with Crippen molar-refractivity contribution in [1.29, 1.82) is 0 Å². The van der Waals surface area contributed by atoms with Gasteiger partial charge in [0.25, 0.3) is 0 Å².